The largest absolute Gasteiger partial charge is 0.480 e. The Hall–Kier alpha value is -0.610. The molecule has 0 aliphatic rings. The van der Waals surface area contributed by atoms with Crippen molar-refractivity contribution in [3.63, 3.8) is 0 Å². The van der Waals surface area contributed by atoms with E-state index in [4.69, 9.17) is 10.2 Å². The number of carboxylic acid groups (broad SMARTS) is 1. The van der Waals surface area contributed by atoms with Crippen LogP contribution in [0.15, 0.2) is 0 Å². The van der Waals surface area contributed by atoms with Gasteiger partial charge in [0.05, 0.1) is 6.54 Å². The molecule has 0 aliphatic heterocycles. The Balaban J connectivity index is 3.22. The molecule has 0 rings (SSSR count). The minimum atomic E-state index is -0.846. The first-order chi connectivity index (χ1) is 5.16. The standard InChI is InChI=1S/C7H15NO3/c1-6(3-2-4-9)8-5-7(10)11/h6,8-9H,2-5H2,1H3,(H,10,11). The predicted octanol–water partition coefficient (Wildman–Crippen LogP) is -0.178. The monoisotopic (exact) mass is 161 g/mol. The molecule has 0 saturated carbocycles. The first kappa shape index (κ1) is 10.4. The Morgan fingerprint density at radius 3 is 2.73 bits per heavy atom. The maximum Gasteiger partial charge on any atom is 0.317 e. The summed E-state index contributed by atoms with van der Waals surface area (Å²) >= 11 is 0. The first-order valence-corrected chi connectivity index (χ1v) is 3.73. The molecule has 4 heteroatoms. The number of aliphatic hydroxyl groups excluding tert-OH is 1. The molecule has 0 heterocycles. The van der Waals surface area contributed by atoms with Gasteiger partial charge in [-0.05, 0) is 19.8 Å². The van der Waals surface area contributed by atoms with Gasteiger partial charge in [0.25, 0.3) is 0 Å². The fourth-order valence-corrected chi connectivity index (χ4v) is 0.761. The molecule has 0 spiro atoms. The number of carboxylic acids is 1. The van der Waals surface area contributed by atoms with E-state index in [2.05, 4.69) is 5.32 Å². The average Bonchev–Trinajstić information content (AvgIpc) is 1.97. The fraction of sp³-hybridized carbons (Fsp3) is 0.857. The number of rotatable bonds is 6. The van der Waals surface area contributed by atoms with E-state index in [1.807, 2.05) is 6.92 Å². The molecule has 0 radical (unpaired) electrons. The summed E-state index contributed by atoms with van der Waals surface area (Å²) in [5.74, 6) is -0.846. The molecule has 0 aromatic heterocycles. The van der Waals surface area contributed by atoms with Crippen LogP contribution in [-0.2, 0) is 4.79 Å². The smallest absolute Gasteiger partial charge is 0.317 e. The second-order valence-electron chi connectivity index (χ2n) is 2.54. The summed E-state index contributed by atoms with van der Waals surface area (Å²) in [6.07, 6.45) is 1.53. The molecular formula is C7H15NO3. The van der Waals surface area contributed by atoms with Gasteiger partial charge in [-0.25, -0.2) is 0 Å². The maximum absolute atomic E-state index is 10.1. The van der Waals surface area contributed by atoms with Crippen molar-refractivity contribution in [2.45, 2.75) is 25.8 Å². The molecule has 0 bridgehead atoms. The molecule has 1 unspecified atom stereocenters. The molecule has 0 saturated heterocycles. The quantitative estimate of drug-likeness (QED) is 0.505. The summed E-state index contributed by atoms with van der Waals surface area (Å²) in [5.41, 5.74) is 0. The van der Waals surface area contributed by atoms with E-state index in [1.54, 1.807) is 0 Å². The molecule has 66 valence electrons. The van der Waals surface area contributed by atoms with Crippen molar-refractivity contribution in [3.8, 4) is 0 Å². The van der Waals surface area contributed by atoms with E-state index in [9.17, 15) is 4.79 Å². The van der Waals surface area contributed by atoms with E-state index in [1.165, 1.54) is 0 Å². The fourth-order valence-electron chi connectivity index (χ4n) is 0.761. The maximum atomic E-state index is 10.1. The third-order valence-corrected chi connectivity index (χ3v) is 1.40. The third-order valence-electron chi connectivity index (χ3n) is 1.40. The number of carbonyl (C=O) groups is 1. The van der Waals surface area contributed by atoms with Crippen molar-refractivity contribution in [1.82, 2.24) is 5.32 Å². The lowest BCUT2D eigenvalue weighted by Gasteiger charge is -2.10. The van der Waals surface area contributed by atoms with Gasteiger partial charge in [-0.2, -0.15) is 0 Å². The number of aliphatic carboxylic acids is 1. The van der Waals surface area contributed by atoms with Crippen molar-refractivity contribution in [1.29, 1.82) is 0 Å². The van der Waals surface area contributed by atoms with Gasteiger partial charge in [0.2, 0.25) is 0 Å². The normalized spacial score (nSPS) is 12.9. The van der Waals surface area contributed by atoms with Gasteiger partial charge in [-0.15, -0.1) is 0 Å². The van der Waals surface area contributed by atoms with Crippen LogP contribution < -0.4 is 5.32 Å². The zero-order chi connectivity index (χ0) is 8.69. The number of nitrogens with one attached hydrogen (secondary N) is 1. The summed E-state index contributed by atoms with van der Waals surface area (Å²) in [5, 5.41) is 19.5. The zero-order valence-corrected chi connectivity index (χ0v) is 6.71. The highest BCUT2D eigenvalue weighted by Gasteiger charge is 2.02. The van der Waals surface area contributed by atoms with E-state index >= 15 is 0 Å². The summed E-state index contributed by atoms with van der Waals surface area (Å²) in [6, 6.07) is 0.165. The Kier molecular flexibility index (Phi) is 5.78. The molecule has 11 heavy (non-hydrogen) atoms. The van der Waals surface area contributed by atoms with Crippen molar-refractivity contribution in [3.05, 3.63) is 0 Å². The highest BCUT2D eigenvalue weighted by Crippen LogP contribution is 1.93. The van der Waals surface area contributed by atoms with Crippen molar-refractivity contribution >= 4 is 5.97 Å². The SMILES string of the molecule is CC(CCCO)NCC(=O)O. The van der Waals surface area contributed by atoms with Crippen LogP contribution >= 0.6 is 0 Å². The highest BCUT2D eigenvalue weighted by atomic mass is 16.4. The minimum absolute atomic E-state index is 0.00735. The molecular weight excluding hydrogens is 146 g/mol. The van der Waals surface area contributed by atoms with Crippen LogP contribution in [-0.4, -0.2) is 35.4 Å². The van der Waals surface area contributed by atoms with Crippen LogP contribution in [0.25, 0.3) is 0 Å². The average molecular weight is 161 g/mol. The van der Waals surface area contributed by atoms with E-state index in [0.29, 0.717) is 6.42 Å². The first-order valence-electron chi connectivity index (χ1n) is 3.73. The van der Waals surface area contributed by atoms with Crippen LogP contribution in [0.3, 0.4) is 0 Å². The molecule has 1 atom stereocenters. The Morgan fingerprint density at radius 2 is 2.27 bits per heavy atom. The second kappa shape index (κ2) is 6.12. The zero-order valence-electron chi connectivity index (χ0n) is 6.71. The van der Waals surface area contributed by atoms with Crippen molar-refractivity contribution < 1.29 is 15.0 Å². The van der Waals surface area contributed by atoms with Crippen LogP contribution in [0.4, 0.5) is 0 Å². The van der Waals surface area contributed by atoms with E-state index in [-0.39, 0.29) is 19.2 Å². The Bertz CT molecular complexity index is 116. The van der Waals surface area contributed by atoms with Crippen LogP contribution in [0.2, 0.25) is 0 Å². The van der Waals surface area contributed by atoms with Gasteiger partial charge in [-0.3, -0.25) is 4.79 Å². The van der Waals surface area contributed by atoms with Gasteiger partial charge in [-0.1, -0.05) is 0 Å². The van der Waals surface area contributed by atoms with E-state index in [0.717, 1.165) is 6.42 Å². The summed E-state index contributed by atoms with van der Waals surface area (Å²) in [4.78, 5) is 10.1. The van der Waals surface area contributed by atoms with Gasteiger partial charge >= 0.3 is 5.97 Å². The highest BCUT2D eigenvalue weighted by molar-refractivity contribution is 5.69. The number of hydrogen-bond donors (Lipinski definition) is 3. The Morgan fingerprint density at radius 1 is 1.64 bits per heavy atom. The lowest BCUT2D eigenvalue weighted by molar-refractivity contribution is -0.136. The van der Waals surface area contributed by atoms with Gasteiger partial charge in [0.15, 0.2) is 0 Å². The predicted molar refractivity (Wildman–Crippen MR) is 41.4 cm³/mol. The number of aliphatic hydroxyl groups is 1. The summed E-state index contributed by atoms with van der Waals surface area (Å²) in [6.45, 7) is 2.06. The second-order valence-corrected chi connectivity index (χ2v) is 2.54. The van der Waals surface area contributed by atoms with E-state index < -0.39 is 5.97 Å². The van der Waals surface area contributed by atoms with Gasteiger partial charge in [0.1, 0.15) is 0 Å². The minimum Gasteiger partial charge on any atom is -0.480 e. The topological polar surface area (TPSA) is 69.6 Å². The number of hydrogen-bond acceptors (Lipinski definition) is 3. The van der Waals surface area contributed by atoms with Gasteiger partial charge < -0.3 is 15.5 Å². The third kappa shape index (κ3) is 7.29. The lowest BCUT2D eigenvalue weighted by Crippen LogP contribution is -2.31. The summed E-state index contributed by atoms with van der Waals surface area (Å²) in [7, 11) is 0. The lowest BCUT2D eigenvalue weighted by atomic mass is 10.2. The Labute approximate surface area is 66.2 Å². The summed E-state index contributed by atoms with van der Waals surface area (Å²) < 4.78 is 0. The van der Waals surface area contributed by atoms with Crippen LogP contribution in [0, 0.1) is 0 Å². The van der Waals surface area contributed by atoms with Crippen LogP contribution in [0.1, 0.15) is 19.8 Å². The molecule has 0 amide bonds. The molecule has 0 aromatic carbocycles. The van der Waals surface area contributed by atoms with Crippen LogP contribution in [0.5, 0.6) is 0 Å². The molecule has 0 fully saturated rings. The van der Waals surface area contributed by atoms with Crippen molar-refractivity contribution in [2.24, 2.45) is 0 Å². The van der Waals surface area contributed by atoms with Gasteiger partial charge in [0, 0.05) is 12.6 Å². The van der Waals surface area contributed by atoms with Crippen molar-refractivity contribution in [2.75, 3.05) is 13.2 Å². The molecule has 4 nitrogen and oxygen atoms in total. The molecule has 0 aromatic rings. The molecule has 0 aliphatic carbocycles. The molecule has 3 N–H and O–H groups in total.